The molecule has 0 radical (unpaired) electrons. The Bertz CT molecular complexity index is 1480. The molecule has 38 heavy (non-hydrogen) atoms. The number of benzene rings is 3. The van der Waals surface area contributed by atoms with E-state index in [4.69, 9.17) is 4.98 Å². The highest BCUT2D eigenvalue weighted by Crippen LogP contribution is 2.30. The van der Waals surface area contributed by atoms with Gasteiger partial charge in [-0.05, 0) is 101 Å². The van der Waals surface area contributed by atoms with Crippen LogP contribution >= 0.6 is 0 Å². The molecule has 0 saturated carbocycles. The van der Waals surface area contributed by atoms with Gasteiger partial charge in [0.05, 0.1) is 10.9 Å². The fourth-order valence-electron chi connectivity index (χ4n) is 5.68. The lowest BCUT2D eigenvalue weighted by Gasteiger charge is -2.36. The molecule has 0 aliphatic carbocycles. The van der Waals surface area contributed by atoms with E-state index >= 15 is 0 Å². The Hall–Kier alpha value is -3.51. The maximum Gasteiger partial charge on any atom is 0.261 e. The van der Waals surface area contributed by atoms with E-state index < -0.39 is 0 Å². The molecule has 3 aromatic carbocycles. The Kier molecular flexibility index (Phi) is 7.61. The van der Waals surface area contributed by atoms with E-state index in [0.29, 0.717) is 36.0 Å². The van der Waals surface area contributed by atoms with Crippen LogP contribution in [0.15, 0.2) is 71.5 Å². The topological polar surface area (TPSA) is 41.4 Å². The van der Waals surface area contributed by atoms with Gasteiger partial charge in [0.2, 0.25) is 0 Å². The smallest absolute Gasteiger partial charge is 0.261 e. The van der Waals surface area contributed by atoms with Crippen molar-refractivity contribution in [3.63, 3.8) is 0 Å². The Labute approximate surface area is 224 Å². The Morgan fingerprint density at radius 3 is 2.50 bits per heavy atom. The number of fused-ring (bicyclic) bond motifs is 1. The number of anilines is 2. The SMILES string of the molecule is CCN(c1ccc(F)cc1)c1ccc2nc(-c3ccccc3C)n(CC3CCCN(C(C)C)C3)c(=O)c2c1. The summed E-state index contributed by atoms with van der Waals surface area (Å²) >= 11 is 0. The maximum absolute atomic E-state index is 14.2. The fraction of sp³-hybridized carbons (Fsp3) is 0.375. The van der Waals surface area contributed by atoms with Crippen LogP contribution in [0.1, 0.15) is 39.2 Å². The molecule has 1 aromatic heterocycles. The maximum atomic E-state index is 14.2. The number of likely N-dealkylation sites (tertiary alicyclic amines) is 1. The first-order valence-corrected chi connectivity index (χ1v) is 13.7. The number of halogens is 1. The largest absolute Gasteiger partial charge is 0.342 e. The average Bonchev–Trinajstić information content (AvgIpc) is 2.92. The molecule has 1 aliphatic heterocycles. The lowest BCUT2D eigenvalue weighted by Crippen LogP contribution is -2.42. The zero-order chi connectivity index (χ0) is 26.8. The first-order valence-electron chi connectivity index (χ1n) is 13.7. The number of hydrogen-bond acceptors (Lipinski definition) is 4. The molecule has 4 aromatic rings. The highest BCUT2D eigenvalue weighted by Gasteiger charge is 2.25. The van der Waals surface area contributed by atoms with Gasteiger partial charge in [-0.2, -0.15) is 0 Å². The van der Waals surface area contributed by atoms with Crippen LogP contribution in [0.3, 0.4) is 0 Å². The highest BCUT2D eigenvalue weighted by molar-refractivity contribution is 5.85. The van der Waals surface area contributed by atoms with Crippen molar-refractivity contribution in [1.29, 1.82) is 0 Å². The minimum absolute atomic E-state index is 0.00747. The molecule has 5 rings (SSSR count). The number of hydrogen-bond donors (Lipinski definition) is 0. The molecule has 1 unspecified atom stereocenters. The molecule has 5 nitrogen and oxygen atoms in total. The summed E-state index contributed by atoms with van der Waals surface area (Å²) in [6.45, 7) is 12.0. The van der Waals surface area contributed by atoms with Gasteiger partial charge < -0.3 is 9.80 Å². The molecule has 0 amide bonds. The van der Waals surface area contributed by atoms with Crippen LogP contribution in [0.4, 0.5) is 15.8 Å². The molecule has 1 aliphatic rings. The standard InChI is InChI=1S/C32H37FN4O/c1-5-36(26-14-12-25(33)13-15-26)27-16-17-30-29(19-27)32(38)37(21-24-10-8-18-35(20-24)22(2)3)31(34-30)28-11-7-6-9-23(28)4/h6-7,9,11-17,19,22,24H,5,8,10,18,20-21H2,1-4H3. The predicted molar refractivity (Wildman–Crippen MR) is 155 cm³/mol. The predicted octanol–water partition coefficient (Wildman–Crippen LogP) is 6.79. The molecule has 1 atom stereocenters. The second-order valence-corrected chi connectivity index (χ2v) is 10.7. The van der Waals surface area contributed by atoms with Crippen molar-refractivity contribution in [2.45, 2.75) is 53.1 Å². The second kappa shape index (κ2) is 11.1. The summed E-state index contributed by atoms with van der Waals surface area (Å²) in [5, 5.41) is 0.608. The summed E-state index contributed by atoms with van der Waals surface area (Å²) in [4.78, 5) is 23.9. The lowest BCUT2D eigenvalue weighted by molar-refractivity contribution is 0.130. The van der Waals surface area contributed by atoms with Gasteiger partial charge in [-0.15, -0.1) is 0 Å². The zero-order valence-corrected chi connectivity index (χ0v) is 22.8. The zero-order valence-electron chi connectivity index (χ0n) is 22.8. The molecule has 0 spiro atoms. The third-order valence-corrected chi connectivity index (χ3v) is 7.81. The normalized spacial score (nSPS) is 16.3. The van der Waals surface area contributed by atoms with E-state index in [1.807, 2.05) is 34.9 Å². The van der Waals surface area contributed by atoms with Crippen molar-refractivity contribution in [2.75, 3.05) is 24.5 Å². The van der Waals surface area contributed by atoms with Crippen LogP contribution in [0.25, 0.3) is 22.3 Å². The van der Waals surface area contributed by atoms with E-state index in [1.165, 1.54) is 12.1 Å². The first-order chi connectivity index (χ1) is 18.4. The molecule has 0 bridgehead atoms. The van der Waals surface area contributed by atoms with Crippen LogP contribution in [-0.4, -0.2) is 40.1 Å². The summed E-state index contributed by atoms with van der Waals surface area (Å²) < 4.78 is 15.5. The minimum Gasteiger partial charge on any atom is -0.342 e. The number of nitrogens with zero attached hydrogens (tertiary/aromatic N) is 4. The summed E-state index contributed by atoms with van der Waals surface area (Å²) in [6, 6.07) is 21.0. The van der Waals surface area contributed by atoms with E-state index in [-0.39, 0.29) is 11.4 Å². The van der Waals surface area contributed by atoms with E-state index in [9.17, 15) is 9.18 Å². The third kappa shape index (κ3) is 5.23. The minimum atomic E-state index is -0.266. The van der Waals surface area contributed by atoms with Crippen molar-refractivity contribution in [1.82, 2.24) is 14.5 Å². The first kappa shape index (κ1) is 26.1. The quantitative estimate of drug-likeness (QED) is 0.273. The summed E-state index contributed by atoms with van der Waals surface area (Å²) in [7, 11) is 0. The average molecular weight is 513 g/mol. The van der Waals surface area contributed by atoms with Gasteiger partial charge in [-0.1, -0.05) is 24.3 Å². The van der Waals surface area contributed by atoms with Crippen LogP contribution in [0, 0.1) is 18.7 Å². The molecule has 0 N–H and O–H groups in total. The highest BCUT2D eigenvalue weighted by atomic mass is 19.1. The molecule has 2 heterocycles. The van der Waals surface area contributed by atoms with Crippen LogP contribution in [0.2, 0.25) is 0 Å². The Balaban J connectivity index is 1.62. The van der Waals surface area contributed by atoms with Gasteiger partial charge in [-0.3, -0.25) is 9.36 Å². The number of piperidine rings is 1. The van der Waals surface area contributed by atoms with Crippen molar-refractivity contribution < 1.29 is 4.39 Å². The van der Waals surface area contributed by atoms with E-state index in [0.717, 1.165) is 54.3 Å². The second-order valence-electron chi connectivity index (χ2n) is 10.7. The molecule has 198 valence electrons. The summed E-state index contributed by atoms with van der Waals surface area (Å²) in [5.41, 5.74) is 4.56. The molecule has 1 fully saturated rings. The van der Waals surface area contributed by atoms with Gasteiger partial charge in [0.1, 0.15) is 11.6 Å². The summed E-state index contributed by atoms with van der Waals surface area (Å²) in [6.07, 6.45) is 2.25. The molecular formula is C32H37FN4O. The Morgan fingerprint density at radius 2 is 1.79 bits per heavy atom. The number of rotatable bonds is 7. The molecule has 6 heteroatoms. The van der Waals surface area contributed by atoms with Crippen molar-refractivity contribution in [2.24, 2.45) is 5.92 Å². The van der Waals surface area contributed by atoms with Gasteiger partial charge in [-0.25, -0.2) is 9.37 Å². The van der Waals surface area contributed by atoms with Crippen LogP contribution < -0.4 is 10.5 Å². The van der Waals surface area contributed by atoms with Crippen molar-refractivity contribution >= 4 is 22.3 Å². The molecular weight excluding hydrogens is 475 g/mol. The monoisotopic (exact) mass is 512 g/mol. The van der Waals surface area contributed by atoms with Crippen molar-refractivity contribution in [3.05, 3.63) is 88.5 Å². The Morgan fingerprint density at radius 1 is 1.05 bits per heavy atom. The lowest BCUT2D eigenvalue weighted by atomic mass is 9.96. The number of aryl methyl sites for hydroxylation is 1. The van der Waals surface area contributed by atoms with E-state index in [2.05, 4.69) is 49.6 Å². The number of aromatic nitrogens is 2. The van der Waals surface area contributed by atoms with E-state index in [1.54, 1.807) is 12.1 Å². The summed E-state index contributed by atoms with van der Waals surface area (Å²) in [5.74, 6) is 0.860. The van der Waals surface area contributed by atoms with Crippen molar-refractivity contribution in [3.8, 4) is 11.4 Å². The van der Waals surface area contributed by atoms with Gasteiger partial charge >= 0.3 is 0 Å². The van der Waals surface area contributed by atoms with Gasteiger partial charge in [0.25, 0.3) is 5.56 Å². The van der Waals surface area contributed by atoms with Gasteiger partial charge in [0, 0.05) is 42.6 Å². The molecule has 1 saturated heterocycles. The fourth-order valence-corrected chi connectivity index (χ4v) is 5.68. The van der Waals surface area contributed by atoms with Gasteiger partial charge in [0.15, 0.2) is 0 Å². The van der Waals surface area contributed by atoms with Crippen LogP contribution in [0.5, 0.6) is 0 Å². The third-order valence-electron chi connectivity index (χ3n) is 7.81. The van der Waals surface area contributed by atoms with Crippen LogP contribution in [-0.2, 0) is 6.54 Å².